The van der Waals surface area contributed by atoms with Gasteiger partial charge in [-0.1, -0.05) is 6.92 Å². The molecule has 0 aromatic carbocycles. The normalized spacial score (nSPS) is 36.2. The van der Waals surface area contributed by atoms with E-state index in [1.165, 1.54) is 23.3 Å². The van der Waals surface area contributed by atoms with E-state index in [1.54, 1.807) is 0 Å². The largest absolute Gasteiger partial charge is 0.469 e. The molecule has 2 fully saturated rings. The molecule has 2 aliphatic carbocycles. The van der Waals surface area contributed by atoms with Gasteiger partial charge in [0.25, 0.3) is 0 Å². The number of ether oxygens (including phenoxy) is 2. The highest BCUT2D eigenvalue weighted by Gasteiger charge is 2.52. The lowest BCUT2D eigenvalue weighted by Crippen LogP contribution is -2.48. The number of furan rings is 1. The Bertz CT molecular complexity index is 498. The van der Waals surface area contributed by atoms with E-state index in [9.17, 15) is 0 Å². The Labute approximate surface area is 114 Å². The Morgan fingerprint density at radius 1 is 1.21 bits per heavy atom. The van der Waals surface area contributed by atoms with Crippen LogP contribution in [0.2, 0.25) is 0 Å². The molecule has 104 valence electrons. The minimum Gasteiger partial charge on any atom is -0.469 e. The summed E-state index contributed by atoms with van der Waals surface area (Å²) in [4.78, 5) is 0. The monoisotopic (exact) mass is 262 g/mol. The Kier molecular flexibility index (Phi) is 2.43. The van der Waals surface area contributed by atoms with Gasteiger partial charge in [0.1, 0.15) is 5.76 Å². The quantitative estimate of drug-likeness (QED) is 0.719. The van der Waals surface area contributed by atoms with Crippen molar-refractivity contribution in [2.75, 3.05) is 13.2 Å². The van der Waals surface area contributed by atoms with E-state index in [4.69, 9.17) is 13.9 Å². The first-order chi connectivity index (χ1) is 9.10. The lowest BCUT2D eigenvalue weighted by atomic mass is 9.59. The van der Waals surface area contributed by atoms with Crippen molar-refractivity contribution in [3.8, 4) is 0 Å². The Hall–Kier alpha value is -0.800. The Balaban J connectivity index is 1.66. The van der Waals surface area contributed by atoms with E-state index in [2.05, 4.69) is 13.8 Å². The average molecular weight is 262 g/mol. The molecular weight excluding hydrogens is 240 g/mol. The molecule has 3 aliphatic rings. The summed E-state index contributed by atoms with van der Waals surface area (Å²) in [6.07, 6.45) is 7.39. The van der Waals surface area contributed by atoms with Gasteiger partial charge in [0.05, 0.1) is 19.5 Å². The molecule has 3 heteroatoms. The van der Waals surface area contributed by atoms with Crippen LogP contribution in [0.1, 0.15) is 43.1 Å². The Morgan fingerprint density at radius 3 is 2.79 bits per heavy atom. The van der Waals surface area contributed by atoms with Crippen molar-refractivity contribution in [3.05, 3.63) is 23.2 Å². The first kappa shape index (κ1) is 12.0. The second-order valence-electron chi connectivity index (χ2n) is 6.86. The highest BCUT2D eigenvalue weighted by atomic mass is 16.7. The first-order valence-electron chi connectivity index (χ1n) is 7.44. The van der Waals surface area contributed by atoms with Crippen LogP contribution in [0.4, 0.5) is 0 Å². The molecule has 1 aromatic rings. The van der Waals surface area contributed by atoms with Crippen LogP contribution in [0, 0.1) is 18.3 Å². The predicted molar refractivity (Wildman–Crippen MR) is 70.9 cm³/mol. The van der Waals surface area contributed by atoms with Gasteiger partial charge in [-0.05, 0) is 42.2 Å². The van der Waals surface area contributed by atoms with E-state index in [1.807, 2.05) is 6.26 Å². The van der Waals surface area contributed by atoms with Crippen LogP contribution in [0.15, 0.2) is 10.7 Å². The zero-order valence-electron chi connectivity index (χ0n) is 11.8. The van der Waals surface area contributed by atoms with Gasteiger partial charge in [0, 0.05) is 19.3 Å². The molecule has 2 atom stereocenters. The highest BCUT2D eigenvalue weighted by Crippen LogP contribution is 2.54. The van der Waals surface area contributed by atoms with Crippen LogP contribution in [0.3, 0.4) is 0 Å². The number of rotatable bonds is 0. The summed E-state index contributed by atoms with van der Waals surface area (Å²) in [6, 6.07) is 0. The summed E-state index contributed by atoms with van der Waals surface area (Å²) in [5, 5.41) is 0. The van der Waals surface area contributed by atoms with Crippen LogP contribution >= 0.6 is 0 Å². The molecular formula is C16H22O3. The summed E-state index contributed by atoms with van der Waals surface area (Å²) in [5.74, 6) is 1.61. The zero-order chi connectivity index (χ0) is 13.1. The van der Waals surface area contributed by atoms with Crippen molar-refractivity contribution in [2.45, 2.75) is 51.7 Å². The molecule has 0 radical (unpaired) electrons. The molecule has 19 heavy (non-hydrogen) atoms. The number of hydrogen-bond acceptors (Lipinski definition) is 3. The fourth-order valence-corrected chi connectivity index (χ4v) is 4.27. The van der Waals surface area contributed by atoms with Gasteiger partial charge >= 0.3 is 0 Å². The third kappa shape index (κ3) is 1.71. The summed E-state index contributed by atoms with van der Waals surface area (Å²) < 4.78 is 17.6. The van der Waals surface area contributed by atoms with Crippen LogP contribution in [0.5, 0.6) is 0 Å². The van der Waals surface area contributed by atoms with E-state index in [-0.39, 0.29) is 5.79 Å². The van der Waals surface area contributed by atoms with Crippen molar-refractivity contribution in [2.24, 2.45) is 11.3 Å². The van der Waals surface area contributed by atoms with E-state index < -0.39 is 0 Å². The second kappa shape index (κ2) is 3.86. The molecule has 0 bridgehead atoms. The maximum Gasteiger partial charge on any atom is 0.168 e. The summed E-state index contributed by atoms with van der Waals surface area (Å²) in [6.45, 7) is 6.10. The van der Waals surface area contributed by atoms with Crippen LogP contribution in [-0.4, -0.2) is 19.0 Å². The maximum absolute atomic E-state index is 5.93. The van der Waals surface area contributed by atoms with Crippen LogP contribution < -0.4 is 0 Å². The molecule has 1 spiro atoms. The zero-order valence-corrected chi connectivity index (χ0v) is 11.8. The van der Waals surface area contributed by atoms with Gasteiger partial charge in [0.2, 0.25) is 0 Å². The minimum atomic E-state index is -0.265. The molecule has 0 amide bonds. The lowest BCUT2D eigenvalue weighted by Gasteiger charge is -2.49. The summed E-state index contributed by atoms with van der Waals surface area (Å²) >= 11 is 0. The van der Waals surface area contributed by atoms with Gasteiger partial charge in [0.15, 0.2) is 5.79 Å². The number of aryl methyl sites for hydroxylation is 1. The molecule has 1 saturated carbocycles. The summed E-state index contributed by atoms with van der Waals surface area (Å²) in [7, 11) is 0. The van der Waals surface area contributed by atoms with Crippen LogP contribution in [-0.2, 0) is 22.3 Å². The fourth-order valence-electron chi connectivity index (χ4n) is 4.27. The third-order valence-corrected chi connectivity index (χ3v) is 5.64. The van der Waals surface area contributed by atoms with Crippen molar-refractivity contribution >= 4 is 0 Å². The SMILES string of the molecule is Cc1coc2c1C[C@@H]1CC3(CC[C@]1(C)C2)OCCO3. The average Bonchev–Trinajstić information content (AvgIpc) is 2.97. The van der Waals surface area contributed by atoms with E-state index in [0.717, 1.165) is 38.9 Å². The van der Waals surface area contributed by atoms with Gasteiger partial charge in [-0.3, -0.25) is 0 Å². The van der Waals surface area contributed by atoms with Crippen molar-refractivity contribution in [3.63, 3.8) is 0 Å². The molecule has 2 heterocycles. The summed E-state index contributed by atoms with van der Waals surface area (Å²) in [5.41, 5.74) is 3.11. The van der Waals surface area contributed by atoms with E-state index >= 15 is 0 Å². The molecule has 0 N–H and O–H groups in total. The minimum absolute atomic E-state index is 0.265. The molecule has 3 nitrogen and oxygen atoms in total. The number of hydrogen-bond donors (Lipinski definition) is 0. The van der Waals surface area contributed by atoms with Gasteiger partial charge in [-0.25, -0.2) is 0 Å². The van der Waals surface area contributed by atoms with Crippen LogP contribution in [0.25, 0.3) is 0 Å². The van der Waals surface area contributed by atoms with Crippen molar-refractivity contribution in [1.82, 2.24) is 0 Å². The van der Waals surface area contributed by atoms with Gasteiger partial charge < -0.3 is 13.9 Å². The lowest BCUT2D eigenvalue weighted by molar-refractivity contribution is -0.207. The standard InChI is InChI=1S/C16H22O3/c1-11-10-17-14-9-15(2)3-4-16(18-5-6-19-16)8-12(15)7-13(11)14/h10,12H,3-9H2,1-2H3/t12-,15-/m1/s1. The molecule has 1 aromatic heterocycles. The van der Waals surface area contributed by atoms with E-state index in [0.29, 0.717) is 11.3 Å². The molecule has 1 saturated heterocycles. The van der Waals surface area contributed by atoms with Crippen molar-refractivity contribution < 1.29 is 13.9 Å². The number of fused-ring (bicyclic) bond motifs is 2. The van der Waals surface area contributed by atoms with Gasteiger partial charge in [-0.2, -0.15) is 0 Å². The smallest absolute Gasteiger partial charge is 0.168 e. The highest BCUT2D eigenvalue weighted by molar-refractivity contribution is 5.31. The molecule has 0 unspecified atom stereocenters. The first-order valence-corrected chi connectivity index (χ1v) is 7.44. The molecule has 4 rings (SSSR count). The predicted octanol–water partition coefficient (Wildman–Crippen LogP) is 3.24. The topological polar surface area (TPSA) is 31.6 Å². The van der Waals surface area contributed by atoms with Crippen molar-refractivity contribution in [1.29, 1.82) is 0 Å². The fraction of sp³-hybridized carbons (Fsp3) is 0.750. The third-order valence-electron chi connectivity index (χ3n) is 5.64. The maximum atomic E-state index is 5.93. The Morgan fingerprint density at radius 2 is 2.00 bits per heavy atom. The molecule has 1 aliphatic heterocycles. The van der Waals surface area contributed by atoms with Gasteiger partial charge in [-0.15, -0.1) is 0 Å². The second-order valence-corrected chi connectivity index (χ2v) is 6.86.